The quantitative estimate of drug-likeness (QED) is 0.471. The zero-order valence-electron chi connectivity index (χ0n) is 9.93. The summed E-state index contributed by atoms with van der Waals surface area (Å²) in [6.07, 6.45) is 0.0289. The number of benzene rings is 1. The van der Waals surface area contributed by atoms with E-state index in [1.165, 1.54) is 0 Å². The van der Waals surface area contributed by atoms with Crippen LogP contribution in [0, 0.1) is 0 Å². The SMILES string of the molecule is CCOc1ccc(/C(N)=N/OC(C)C)cc1. The minimum absolute atomic E-state index is 0.0289. The lowest BCUT2D eigenvalue weighted by Crippen LogP contribution is -2.15. The van der Waals surface area contributed by atoms with Crippen molar-refractivity contribution in [2.24, 2.45) is 10.9 Å². The van der Waals surface area contributed by atoms with Gasteiger partial charge < -0.3 is 15.3 Å². The topological polar surface area (TPSA) is 56.8 Å². The van der Waals surface area contributed by atoms with Crippen molar-refractivity contribution in [1.82, 2.24) is 0 Å². The monoisotopic (exact) mass is 222 g/mol. The van der Waals surface area contributed by atoms with Crippen molar-refractivity contribution in [3.05, 3.63) is 29.8 Å². The molecule has 2 N–H and O–H groups in total. The van der Waals surface area contributed by atoms with Crippen LogP contribution in [0.2, 0.25) is 0 Å². The van der Waals surface area contributed by atoms with Gasteiger partial charge in [0.2, 0.25) is 0 Å². The van der Waals surface area contributed by atoms with E-state index >= 15 is 0 Å². The predicted octanol–water partition coefficient (Wildman–Crippen LogP) is 2.13. The van der Waals surface area contributed by atoms with E-state index in [2.05, 4.69) is 5.16 Å². The van der Waals surface area contributed by atoms with Crippen LogP contribution in [0.5, 0.6) is 5.75 Å². The molecule has 0 heterocycles. The number of amidine groups is 1. The van der Waals surface area contributed by atoms with Crippen molar-refractivity contribution in [2.75, 3.05) is 6.61 Å². The Balaban J connectivity index is 2.69. The highest BCUT2D eigenvalue weighted by Gasteiger charge is 2.00. The van der Waals surface area contributed by atoms with Crippen molar-refractivity contribution < 1.29 is 9.57 Å². The molecule has 0 aliphatic carbocycles. The van der Waals surface area contributed by atoms with Crippen molar-refractivity contribution >= 4 is 5.84 Å². The molecule has 4 nitrogen and oxygen atoms in total. The second kappa shape index (κ2) is 6.00. The zero-order valence-corrected chi connectivity index (χ0v) is 9.93. The fourth-order valence-corrected chi connectivity index (χ4v) is 1.10. The van der Waals surface area contributed by atoms with Crippen LogP contribution in [0.3, 0.4) is 0 Å². The molecule has 1 rings (SSSR count). The Labute approximate surface area is 96.0 Å². The molecule has 0 aliphatic heterocycles. The molecule has 0 bridgehead atoms. The van der Waals surface area contributed by atoms with E-state index in [0.29, 0.717) is 12.4 Å². The number of nitrogens with zero attached hydrogens (tertiary/aromatic N) is 1. The van der Waals surface area contributed by atoms with E-state index in [4.69, 9.17) is 15.3 Å². The summed E-state index contributed by atoms with van der Waals surface area (Å²) in [5, 5.41) is 3.82. The minimum atomic E-state index is 0.0289. The van der Waals surface area contributed by atoms with Crippen molar-refractivity contribution in [3.8, 4) is 5.75 Å². The molecule has 4 heteroatoms. The van der Waals surface area contributed by atoms with Gasteiger partial charge in [-0.1, -0.05) is 5.16 Å². The molecule has 0 fully saturated rings. The average Bonchev–Trinajstić information content (AvgIpc) is 2.27. The number of hydrogen-bond acceptors (Lipinski definition) is 3. The minimum Gasteiger partial charge on any atom is -0.494 e. The van der Waals surface area contributed by atoms with Gasteiger partial charge in [0.1, 0.15) is 11.9 Å². The largest absolute Gasteiger partial charge is 0.494 e. The van der Waals surface area contributed by atoms with Crippen LogP contribution in [-0.4, -0.2) is 18.5 Å². The van der Waals surface area contributed by atoms with E-state index in [0.717, 1.165) is 11.3 Å². The first-order valence-electron chi connectivity index (χ1n) is 5.36. The molecule has 0 spiro atoms. The molecule has 0 aliphatic rings. The van der Waals surface area contributed by atoms with E-state index in [-0.39, 0.29) is 6.10 Å². The number of rotatable bonds is 5. The lowest BCUT2D eigenvalue weighted by molar-refractivity contribution is 0.0858. The number of hydrogen-bond donors (Lipinski definition) is 1. The summed E-state index contributed by atoms with van der Waals surface area (Å²) in [5.41, 5.74) is 6.57. The van der Waals surface area contributed by atoms with Crippen LogP contribution < -0.4 is 10.5 Å². The zero-order chi connectivity index (χ0) is 12.0. The molecule has 0 saturated heterocycles. The highest BCUT2D eigenvalue weighted by Crippen LogP contribution is 2.11. The normalized spacial score (nSPS) is 11.6. The lowest BCUT2D eigenvalue weighted by atomic mass is 10.2. The molecule has 16 heavy (non-hydrogen) atoms. The Morgan fingerprint density at radius 1 is 1.31 bits per heavy atom. The first-order valence-corrected chi connectivity index (χ1v) is 5.36. The molecule has 0 amide bonds. The fourth-order valence-electron chi connectivity index (χ4n) is 1.10. The smallest absolute Gasteiger partial charge is 0.170 e. The van der Waals surface area contributed by atoms with Crippen LogP contribution in [-0.2, 0) is 4.84 Å². The summed E-state index contributed by atoms with van der Waals surface area (Å²) in [6.45, 7) is 6.39. The third-order valence-corrected chi connectivity index (χ3v) is 1.82. The van der Waals surface area contributed by atoms with Crippen molar-refractivity contribution in [1.29, 1.82) is 0 Å². The maximum Gasteiger partial charge on any atom is 0.170 e. The van der Waals surface area contributed by atoms with Crippen LogP contribution in [0.15, 0.2) is 29.4 Å². The van der Waals surface area contributed by atoms with Gasteiger partial charge in [-0.2, -0.15) is 0 Å². The molecule has 0 saturated carbocycles. The van der Waals surface area contributed by atoms with Crippen LogP contribution in [0.4, 0.5) is 0 Å². The Morgan fingerprint density at radius 2 is 1.94 bits per heavy atom. The summed E-state index contributed by atoms with van der Waals surface area (Å²) in [7, 11) is 0. The van der Waals surface area contributed by atoms with Crippen LogP contribution in [0.25, 0.3) is 0 Å². The van der Waals surface area contributed by atoms with Gasteiger partial charge in [-0.05, 0) is 45.0 Å². The molecular formula is C12H18N2O2. The first kappa shape index (κ1) is 12.4. The summed E-state index contributed by atoms with van der Waals surface area (Å²) < 4.78 is 5.33. The number of ether oxygens (including phenoxy) is 1. The highest BCUT2D eigenvalue weighted by atomic mass is 16.6. The number of nitrogens with two attached hydrogens (primary N) is 1. The maximum absolute atomic E-state index is 5.75. The fraction of sp³-hybridized carbons (Fsp3) is 0.417. The second-order valence-electron chi connectivity index (χ2n) is 3.59. The van der Waals surface area contributed by atoms with Crippen LogP contribution >= 0.6 is 0 Å². The van der Waals surface area contributed by atoms with Crippen molar-refractivity contribution in [3.63, 3.8) is 0 Å². The van der Waals surface area contributed by atoms with Crippen molar-refractivity contribution in [2.45, 2.75) is 26.9 Å². The van der Waals surface area contributed by atoms with Gasteiger partial charge in [-0.3, -0.25) is 0 Å². The Bertz CT molecular complexity index is 345. The maximum atomic E-state index is 5.75. The van der Waals surface area contributed by atoms with Crippen LogP contribution in [0.1, 0.15) is 26.3 Å². The van der Waals surface area contributed by atoms with Gasteiger partial charge in [0, 0.05) is 5.56 Å². The van der Waals surface area contributed by atoms with Gasteiger partial charge in [-0.15, -0.1) is 0 Å². The third-order valence-electron chi connectivity index (χ3n) is 1.82. The van der Waals surface area contributed by atoms with E-state index in [9.17, 15) is 0 Å². The lowest BCUT2D eigenvalue weighted by Gasteiger charge is -2.06. The second-order valence-corrected chi connectivity index (χ2v) is 3.59. The first-order chi connectivity index (χ1) is 7.63. The standard InChI is InChI=1S/C12H18N2O2/c1-4-15-11-7-5-10(6-8-11)12(13)14-16-9(2)3/h5-9H,4H2,1-3H3,(H2,13,14). The Morgan fingerprint density at radius 3 is 2.44 bits per heavy atom. The summed E-state index contributed by atoms with van der Waals surface area (Å²) in [4.78, 5) is 5.07. The van der Waals surface area contributed by atoms with E-state index < -0.39 is 0 Å². The summed E-state index contributed by atoms with van der Waals surface area (Å²) in [5.74, 6) is 1.19. The molecule has 1 aromatic rings. The Kier molecular flexibility index (Phi) is 4.64. The molecule has 0 aromatic heterocycles. The molecule has 0 atom stereocenters. The molecule has 1 aromatic carbocycles. The van der Waals surface area contributed by atoms with Gasteiger partial charge in [0.25, 0.3) is 0 Å². The van der Waals surface area contributed by atoms with Gasteiger partial charge >= 0.3 is 0 Å². The predicted molar refractivity (Wildman–Crippen MR) is 64.6 cm³/mol. The Hall–Kier alpha value is -1.71. The average molecular weight is 222 g/mol. The summed E-state index contributed by atoms with van der Waals surface area (Å²) >= 11 is 0. The number of oxime groups is 1. The molecule has 0 radical (unpaired) electrons. The molecule has 0 unspecified atom stereocenters. The summed E-state index contributed by atoms with van der Waals surface area (Å²) in [6, 6.07) is 7.42. The molecular weight excluding hydrogens is 204 g/mol. The molecule has 88 valence electrons. The van der Waals surface area contributed by atoms with E-state index in [1.54, 1.807) is 0 Å². The highest BCUT2D eigenvalue weighted by molar-refractivity contribution is 5.97. The van der Waals surface area contributed by atoms with Gasteiger partial charge in [0.05, 0.1) is 6.61 Å². The van der Waals surface area contributed by atoms with Gasteiger partial charge in [0.15, 0.2) is 5.84 Å². The van der Waals surface area contributed by atoms with Gasteiger partial charge in [-0.25, -0.2) is 0 Å². The third kappa shape index (κ3) is 3.81. The van der Waals surface area contributed by atoms with E-state index in [1.807, 2.05) is 45.0 Å².